The lowest BCUT2D eigenvalue weighted by Gasteiger charge is -2.16. The maximum Gasteiger partial charge on any atom is 0.220 e. The van der Waals surface area contributed by atoms with Gasteiger partial charge in [-0.3, -0.25) is 4.21 Å². The third-order valence-corrected chi connectivity index (χ3v) is 6.23. The van der Waals surface area contributed by atoms with Crippen LogP contribution in [0, 0.1) is 0 Å². The second-order valence-corrected chi connectivity index (χ2v) is 8.06. The average molecular weight is 300 g/mol. The van der Waals surface area contributed by atoms with Gasteiger partial charge in [-0.25, -0.2) is 13.1 Å². The van der Waals surface area contributed by atoms with E-state index in [-0.39, 0.29) is 16.8 Å². The molecule has 0 fully saturated rings. The van der Waals surface area contributed by atoms with E-state index in [1.54, 1.807) is 13.2 Å². The van der Waals surface area contributed by atoms with E-state index in [9.17, 15) is 12.6 Å². The van der Waals surface area contributed by atoms with Crippen molar-refractivity contribution in [3.8, 4) is 0 Å². The van der Waals surface area contributed by atoms with Crippen molar-refractivity contribution < 1.29 is 12.6 Å². The van der Waals surface area contributed by atoms with Crippen molar-refractivity contribution in [1.82, 2.24) is 4.72 Å². The molecule has 0 bridgehead atoms. The molecule has 0 amide bonds. The topological polar surface area (TPSA) is 89.3 Å². The van der Waals surface area contributed by atoms with Crippen LogP contribution in [0.15, 0.2) is 0 Å². The Kier molecular flexibility index (Phi) is 7.38. The molecule has 0 heterocycles. The van der Waals surface area contributed by atoms with Crippen molar-refractivity contribution in [2.24, 2.45) is 5.73 Å². The van der Waals surface area contributed by atoms with Crippen molar-refractivity contribution in [2.45, 2.75) is 37.2 Å². The number of nitrogens with one attached hydrogen (secondary N) is 1. The average Bonchev–Trinajstić information content (AvgIpc) is 2.16. The summed E-state index contributed by atoms with van der Waals surface area (Å²) in [4.78, 5) is -0.0212. The molecule has 0 aromatic heterocycles. The summed E-state index contributed by atoms with van der Waals surface area (Å²) < 4.78 is 37.1. The van der Waals surface area contributed by atoms with Crippen LogP contribution in [0.2, 0.25) is 0 Å². The van der Waals surface area contributed by atoms with Crippen LogP contribution in [0.1, 0.15) is 26.7 Å². The van der Waals surface area contributed by atoms with Gasteiger partial charge in [0.25, 0.3) is 0 Å². The molecule has 3 unspecified atom stereocenters. The Morgan fingerprint density at radius 3 is 2.41 bits per heavy atom. The van der Waals surface area contributed by atoms with Gasteiger partial charge in [-0.2, -0.15) is 0 Å². The first kappa shape index (κ1) is 16.9. The highest BCUT2D eigenvalue weighted by atomic mass is 32.2. The third-order valence-electron chi connectivity index (χ3n) is 2.48. The van der Waals surface area contributed by atoms with Crippen LogP contribution in [0.5, 0.6) is 0 Å². The summed E-state index contributed by atoms with van der Waals surface area (Å²) in [7, 11) is -4.45. The maximum absolute atomic E-state index is 11.8. The van der Waals surface area contributed by atoms with Gasteiger partial charge >= 0.3 is 0 Å². The fourth-order valence-electron chi connectivity index (χ4n) is 1.24. The van der Waals surface area contributed by atoms with Gasteiger partial charge in [0.1, 0.15) is 5.25 Å². The lowest BCUT2D eigenvalue weighted by atomic mass is 10.3. The zero-order valence-electron chi connectivity index (χ0n) is 10.3. The summed E-state index contributed by atoms with van der Waals surface area (Å²) in [5.41, 5.74) is 5.38. The van der Waals surface area contributed by atoms with Gasteiger partial charge in [0.2, 0.25) is 10.0 Å². The molecule has 0 aromatic carbocycles. The zero-order chi connectivity index (χ0) is 13.6. The smallest absolute Gasteiger partial charge is 0.220 e. The molecule has 0 aromatic rings. The van der Waals surface area contributed by atoms with Crippen LogP contribution in [0.3, 0.4) is 0 Å². The van der Waals surface area contributed by atoms with E-state index in [2.05, 4.69) is 4.72 Å². The van der Waals surface area contributed by atoms with Gasteiger partial charge in [-0.05, 0) is 12.8 Å². The summed E-state index contributed by atoms with van der Waals surface area (Å²) in [6, 6.07) is 0. The largest absolute Gasteiger partial charge is 0.392 e. The first-order chi connectivity index (χ1) is 7.72. The van der Waals surface area contributed by atoms with Gasteiger partial charge < -0.3 is 5.73 Å². The first-order valence-corrected chi connectivity index (χ1v) is 8.90. The molecule has 0 radical (unpaired) electrons. The minimum absolute atomic E-state index is 0.0212. The molecule has 0 aliphatic rings. The maximum atomic E-state index is 11.8. The highest BCUT2D eigenvalue weighted by molar-refractivity contribution is 7.93. The number of sulfonamides is 1. The molecule has 0 spiro atoms. The lowest BCUT2D eigenvalue weighted by molar-refractivity contribution is 0.571. The molecule has 0 rings (SSSR count). The highest BCUT2D eigenvalue weighted by Crippen LogP contribution is 2.05. The molecule has 0 saturated carbocycles. The predicted molar refractivity (Wildman–Crippen MR) is 75.9 cm³/mol. The van der Waals surface area contributed by atoms with Crippen LogP contribution in [-0.4, -0.2) is 40.9 Å². The standard InChI is InChI=1S/C9H20N2O3S3/c1-4-8(9(10)15)17(13,14)11-6-5-7(2)16(3)12/h7-8,11H,4-6H2,1-3H3,(H2,10,15). The van der Waals surface area contributed by atoms with Crippen LogP contribution < -0.4 is 10.5 Å². The summed E-state index contributed by atoms with van der Waals surface area (Å²) in [6.07, 6.45) is 2.47. The number of hydrogen-bond donors (Lipinski definition) is 2. The van der Waals surface area contributed by atoms with Gasteiger partial charge in [0.15, 0.2) is 0 Å². The minimum Gasteiger partial charge on any atom is -0.392 e. The van der Waals surface area contributed by atoms with E-state index in [0.717, 1.165) is 0 Å². The molecule has 3 N–H and O–H groups in total. The fraction of sp³-hybridized carbons (Fsp3) is 0.889. The number of rotatable bonds is 8. The van der Waals surface area contributed by atoms with Gasteiger partial charge in [0.05, 0.1) is 4.99 Å². The Morgan fingerprint density at radius 2 is 2.06 bits per heavy atom. The number of hydrogen-bond acceptors (Lipinski definition) is 4. The zero-order valence-corrected chi connectivity index (χ0v) is 12.8. The molecule has 0 saturated heterocycles. The van der Waals surface area contributed by atoms with Gasteiger partial charge in [0, 0.05) is 28.9 Å². The molecule has 102 valence electrons. The Morgan fingerprint density at radius 1 is 1.53 bits per heavy atom. The number of thiocarbonyl (C=S) groups is 1. The Labute approximate surface area is 111 Å². The van der Waals surface area contributed by atoms with E-state index in [4.69, 9.17) is 18.0 Å². The number of nitrogens with two attached hydrogens (primary N) is 1. The van der Waals surface area contributed by atoms with Gasteiger partial charge in [-0.15, -0.1) is 0 Å². The van der Waals surface area contributed by atoms with E-state index in [1.807, 2.05) is 6.92 Å². The molecule has 8 heteroatoms. The van der Waals surface area contributed by atoms with Crippen LogP contribution >= 0.6 is 12.2 Å². The van der Waals surface area contributed by atoms with Crippen molar-refractivity contribution in [2.75, 3.05) is 12.8 Å². The Hall–Kier alpha value is -0.0500. The molecule has 0 aliphatic heterocycles. The van der Waals surface area contributed by atoms with Crippen LogP contribution in [0.25, 0.3) is 0 Å². The van der Waals surface area contributed by atoms with E-state index in [0.29, 0.717) is 12.8 Å². The molecule has 5 nitrogen and oxygen atoms in total. The van der Waals surface area contributed by atoms with Crippen molar-refractivity contribution in [3.05, 3.63) is 0 Å². The lowest BCUT2D eigenvalue weighted by Crippen LogP contribution is -2.42. The second kappa shape index (κ2) is 7.40. The van der Waals surface area contributed by atoms with Crippen LogP contribution in [0.4, 0.5) is 0 Å². The summed E-state index contributed by atoms with van der Waals surface area (Å²) >= 11 is 4.72. The van der Waals surface area contributed by atoms with Crippen molar-refractivity contribution in [3.63, 3.8) is 0 Å². The molecule has 0 aliphatic carbocycles. The van der Waals surface area contributed by atoms with Crippen LogP contribution in [-0.2, 0) is 20.8 Å². The quantitative estimate of drug-likeness (QED) is 0.622. The van der Waals surface area contributed by atoms with Crippen molar-refractivity contribution >= 4 is 38.0 Å². The fourth-order valence-corrected chi connectivity index (χ4v) is 3.59. The third kappa shape index (κ3) is 5.89. The predicted octanol–water partition coefficient (Wildman–Crippen LogP) is 0.128. The minimum atomic E-state index is -3.51. The van der Waals surface area contributed by atoms with E-state index in [1.165, 1.54) is 0 Å². The highest BCUT2D eigenvalue weighted by Gasteiger charge is 2.25. The SMILES string of the molecule is CCC(C(N)=S)S(=O)(=O)NCCC(C)S(C)=O. The first-order valence-electron chi connectivity index (χ1n) is 5.32. The normalized spacial score (nSPS) is 17.4. The monoisotopic (exact) mass is 300 g/mol. The molecular weight excluding hydrogens is 280 g/mol. The summed E-state index contributed by atoms with van der Waals surface area (Å²) in [5.74, 6) is 0. The Balaban J connectivity index is 4.37. The summed E-state index contributed by atoms with van der Waals surface area (Å²) in [6.45, 7) is 3.78. The Bertz CT molecular complexity index is 381. The van der Waals surface area contributed by atoms with E-state index >= 15 is 0 Å². The van der Waals surface area contributed by atoms with Gasteiger partial charge in [-0.1, -0.05) is 26.1 Å². The van der Waals surface area contributed by atoms with E-state index < -0.39 is 26.1 Å². The molecule has 17 heavy (non-hydrogen) atoms. The molecular formula is C9H20N2O3S3. The molecule has 3 atom stereocenters. The summed E-state index contributed by atoms with van der Waals surface area (Å²) in [5, 5.41) is -0.873. The second-order valence-electron chi connectivity index (χ2n) is 3.84. The van der Waals surface area contributed by atoms with Crippen molar-refractivity contribution in [1.29, 1.82) is 0 Å².